The molecule has 0 aliphatic carbocycles. The van der Waals surface area contributed by atoms with Gasteiger partial charge in [-0.2, -0.15) is 4.90 Å². The second-order valence-electron chi connectivity index (χ2n) is 13.4. The highest BCUT2D eigenvalue weighted by atomic mass is 32.2. The van der Waals surface area contributed by atoms with Gasteiger partial charge in [0.05, 0.1) is 22.0 Å². The molecule has 4 aromatic rings. The minimum Gasteiger partial charge on any atom is -0.443 e. The number of anilines is 2. The number of sulfone groups is 1. The molecule has 4 rings (SSSR count). The van der Waals surface area contributed by atoms with Crippen molar-refractivity contribution in [2.75, 3.05) is 17.3 Å². The molecule has 50 heavy (non-hydrogen) atoms. The molecule has 0 atom stereocenters. The van der Waals surface area contributed by atoms with Gasteiger partial charge < -0.3 is 24.6 Å². The molecule has 2 aromatic carbocycles. The summed E-state index contributed by atoms with van der Waals surface area (Å²) in [5.41, 5.74) is -1.11. The van der Waals surface area contributed by atoms with Gasteiger partial charge >= 0.3 is 12.2 Å². The van der Waals surface area contributed by atoms with Crippen LogP contribution in [-0.4, -0.2) is 65.2 Å². The van der Waals surface area contributed by atoms with E-state index in [1.807, 2.05) is 0 Å². The lowest BCUT2D eigenvalue weighted by Gasteiger charge is -2.28. The maximum Gasteiger partial charge on any atom is 0.425 e. The number of nitrogens with one attached hydrogen (secondary N) is 3. The topological polar surface area (TPSA) is 190 Å². The van der Waals surface area contributed by atoms with Gasteiger partial charge in [-0.25, -0.2) is 32.4 Å². The molecule has 14 nitrogen and oxygen atoms in total. The minimum atomic E-state index is -3.55. The smallest absolute Gasteiger partial charge is 0.425 e. The molecular formula is C34H40FN7O7S. The fraction of sp³-hybridized carbons (Fsp3) is 0.353. The van der Waals surface area contributed by atoms with Crippen molar-refractivity contribution >= 4 is 39.5 Å². The minimum absolute atomic E-state index is 0.0393. The summed E-state index contributed by atoms with van der Waals surface area (Å²) in [5, 5.41) is 16.4. The van der Waals surface area contributed by atoms with Crippen LogP contribution in [0.15, 0.2) is 64.1 Å². The Labute approximate surface area is 289 Å². The number of benzene rings is 2. The number of imide groups is 1. The standard InChI is InChI=1S/C34H40FN7O7S/c1-19(2)50(45,46)22-13-10-20(11-14-22)26-18-38-29(42(31(43)47-33(3,4)5)32(44)48-34(6,7)8)28(40-26)27-17-25(41-49-27)23-15-12-21(16-24(23)35)39-30(36)37-9/h10-19H,1-9H3,(H3,36,37,39). The Morgan fingerprint density at radius 2 is 1.54 bits per heavy atom. The van der Waals surface area contributed by atoms with Gasteiger partial charge in [0, 0.05) is 29.9 Å². The molecule has 266 valence electrons. The monoisotopic (exact) mass is 709 g/mol. The fourth-order valence-corrected chi connectivity index (χ4v) is 5.38. The largest absolute Gasteiger partial charge is 0.443 e. The molecule has 0 bridgehead atoms. The first-order valence-electron chi connectivity index (χ1n) is 15.5. The lowest BCUT2D eigenvalue weighted by atomic mass is 10.1. The summed E-state index contributed by atoms with van der Waals surface area (Å²) in [5.74, 6) is -1.15. The molecule has 0 saturated carbocycles. The van der Waals surface area contributed by atoms with Gasteiger partial charge in [0.25, 0.3) is 0 Å². The molecule has 2 aromatic heterocycles. The SMILES string of the molecule is CNC(=N)Nc1ccc(-c2cc(-c3nc(-c4ccc(S(=O)(=O)C(C)C)cc4)cnc3N(C(=O)OC(C)(C)C)C(=O)OC(C)(C)C)on2)c(F)c1. The molecule has 0 aliphatic rings. The van der Waals surface area contributed by atoms with E-state index in [2.05, 4.69) is 25.8 Å². The van der Waals surface area contributed by atoms with Crippen molar-refractivity contribution in [1.29, 1.82) is 5.41 Å². The number of guanidine groups is 1. The number of hydrogen-bond acceptors (Lipinski definition) is 11. The van der Waals surface area contributed by atoms with Crippen molar-refractivity contribution in [1.82, 2.24) is 20.4 Å². The molecule has 2 amide bonds. The zero-order chi connectivity index (χ0) is 37.2. The van der Waals surface area contributed by atoms with E-state index in [4.69, 9.17) is 19.4 Å². The summed E-state index contributed by atoms with van der Waals surface area (Å²) in [6.45, 7) is 12.9. The van der Waals surface area contributed by atoms with Crippen LogP contribution >= 0.6 is 0 Å². The summed E-state index contributed by atoms with van der Waals surface area (Å²) in [6, 6.07) is 11.5. The summed E-state index contributed by atoms with van der Waals surface area (Å²) >= 11 is 0. The van der Waals surface area contributed by atoms with E-state index in [0.29, 0.717) is 16.2 Å². The van der Waals surface area contributed by atoms with E-state index < -0.39 is 44.3 Å². The van der Waals surface area contributed by atoms with Gasteiger partial charge in [-0.1, -0.05) is 17.3 Å². The number of amides is 2. The second kappa shape index (κ2) is 14.2. The summed E-state index contributed by atoms with van der Waals surface area (Å²) in [7, 11) is -2.00. The van der Waals surface area contributed by atoms with Crippen LogP contribution in [0.5, 0.6) is 0 Å². The van der Waals surface area contributed by atoms with Gasteiger partial charge in [-0.3, -0.25) is 5.41 Å². The van der Waals surface area contributed by atoms with Crippen molar-refractivity contribution in [2.45, 2.75) is 76.7 Å². The average Bonchev–Trinajstić information content (AvgIpc) is 3.49. The van der Waals surface area contributed by atoms with Crippen LogP contribution in [0.25, 0.3) is 34.0 Å². The first kappa shape index (κ1) is 37.4. The second-order valence-corrected chi connectivity index (χ2v) is 15.9. The summed E-state index contributed by atoms with van der Waals surface area (Å²) in [6.07, 6.45) is -0.934. The van der Waals surface area contributed by atoms with Crippen molar-refractivity contribution in [2.24, 2.45) is 0 Å². The maximum absolute atomic E-state index is 15.3. The molecule has 0 spiro atoms. The number of nitrogens with zero attached hydrogens (tertiary/aromatic N) is 4. The highest BCUT2D eigenvalue weighted by molar-refractivity contribution is 7.92. The van der Waals surface area contributed by atoms with Crippen LogP contribution in [-0.2, 0) is 19.3 Å². The van der Waals surface area contributed by atoms with Gasteiger partial charge in [0.15, 0.2) is 33.1 Å². The number of hydrogen-bond donors (Lipinski definition) is 3. The molecule has 16 heteroatoms. The molecule has 0 radical (unpaired) electrons. The van der Waals surface area contributed by atoms with Crippen LogP contribution in [0.4, 0.5) is 25.5 Å². The van der Waals surface area contributed by atoms with Crippen molar-refractivity contribution < 1.29 is 36.4 Å². The highest BCUT2D eigenvalue weighted by Crippen LogP contribution is 2.35. The number of halogens is 1. The van der Waals surface area contributed by atoms with Gasteiger partial charge in [-0.15, -0.1) is 0 Å². The summed E-state index contributed by atoms with van der Waals surface area (Å²) in [4.78, 5) is 36.9. The summed E-state index contributed by atoms with van der Waals surface area (Å²) < 4.78 is 57.4. The van der Waals surface area contributed by atoms with Crippen molar-refractivity contribution in [3.8, 4) is 34.0 Å². The predicted molar refractivity (Wildman–Crippen MR) is 186 cm³/mol. The first-order chi connectivity index (χ1) is 23.2. The number of ether oxygens (including phenoxy) is 2. The van der Waals surface area contributed by atoms with Crippen molar-refractivity contribution in [3.63, 3.8) is 0 Å². The third-order valence-electron chi connectivity index (χ3n) is 6.72. The lowest BCUT2D eigenvalue weighted by molar-refractivity contribution is 0.0429. The van der Waals surface area contributed by atoms with E-state index in [0.717, 1.165) is 0 Å². The Morgan fingerprint density at radius 3 is 2.06 bits per heavy atom. The maximum atomic E-state index is 15.3. The Morgan fingerprint density at radius 1 is 0.940 bits per heavy atom. The van der Waals surface area contributed by atoms with E-state index in [-0.39, 0.29) is 45.1 Å². The quantitative estimate of drug-likeness (QED) is 0.131. The van der Waals surface area contributed by atoms with Crippen LogP contribution in [0, 0.1) is 11.2 Å². The van der Waals surface area contributed by atoms with Gasteiger partial charge in [0.2, 0.25) is 0 Å². The van der Waals surface area contributed by atoms with Crippen LogP contribution in [0.3, 0.4) is 0 Å². The first-order valence-corrected chi connectivity index (χ1v) is 17.0. The van der Waals surface area contributed by atoms with Crippen molar-refractivity contribution in [3.05, 3.63) is 60.5 Å². The molecule has 0 saturated heterocycles. The zero-order valence-corrected chi connectivity index (χ0v) is 30.0. The molecule has 0 unspecified atom stereocenters. The molecule has 2 heterocycles. The Bertz CT molecular complexity index is 1990. The molecule has 0 fully saturated rings. The van der Waals surface area contributed by atoms with Gasteiger partial charge in [0.1, 0.15) is 22.7 Å². The van der Waals surface area contributed by atoms with E-state index >= 15 is 4.39 Å². The third kappa shape index (κ3) is 8.80. The number of rotatable bonds is 7. The number of carbonyl (C=O) groups excluding carboxylic acids is 2. The van der Waals surface area contributed by atoms with Gasteiger partial charge in [-0.05, 0) is 85.7 Å². The highest BCUT2D eigenvalue weighted by Gasteiger charge is 2.37. The number of carbonyl (C=O) groups is 2. The third-order valence-corrected chi connectivity index (χ3v) is 8.89. The van der Waals surface area contributed by atoms with Crippen LogP contribution < -0.4 is 15.5 Å². The van der Waals surface area contributed by atoms with Crippen LogP contribution in [0.2, 0.25) is 0 Å². The Balaban J connectivity index is 1.89. The Hall–Kier alpha value is -5.38. The fourth-order valence-electron chi connectivity index (χ4n) is 4.32. The normalized spacial score (nSPS) is 12.0. The molecular weight excluding hydrogens is 669 g/mol. The van der Waals surface area contributed by atoms with E-state index in [1.54, 1.807) is 80.6 Å². The van der Waals surface area contributed by atoms with Crippen LogP contribution in [0.1, 0.15) is 55.4 Å². The predicted octanol–water partition coefficient (Wildman–Crippen LogP) is 7.03. The van der Waals surface area contributed by atoms with E-state index in [1.165, 1.54) is 36.5 Å². The zero-order valence-electron chi connectivity index (χ0n) is 29.2. The number of aromatic nitrogens is 3. The average molecular weight is 710 g/mol. The molecule has 3 N–H and O–H groups in total. The van der Waals surface area contributed by atoms with E-state index in [9.17, 15) is 18.0 Å². The lowest BCUT2D eigenvalue weighted by Crippen LogP contribution is -2.44. The Kier molecular flexibility index (Phi) is 10.7. The molecule has 0 aliphatic heterocycles.